The molecule has 4 nitrogen and oxygen atoms in total. The van der Waals surface area contributed by atoms with E-state index in [1.807, 2.05) is 0 Å². The van der Waals surface area contributed by atoms with Gasteiger partial charge in [-0.3, -0.25) is 4.79 Å². The maximum absolute atomic E-state index is 11.7. The van der Waals surface area contributed by atoms with Gasteiger partial charge in [-0.05, 0) is 43.9 Å². The van der Waals surface area contributed by atoms with E-state index < -0.39 is 0 Å². The summed E-state index contributed by atoms with van der Waals surface area (Å²) in [5.41, 5.74) is 0. The van der Waals surface area contributed by atoms with E-state index >= 15 is 0 Å². The number of carbonyl (C=O) groups is 1. The van der Waals surface area contributed by atoms with E-state index in [1.54, 1.807) is 24.3 Å². The Morgan fingerprint density at radius 3 is 2.79 bits per heavy atom. The molecule has 19 heavy (non-hydrogen) atoms. The number of amides is 1. The Bertz CT molecular complexity index is 430. The molecule has 1 aromatic rings. The fourth-order valence-corrected chi connectivity index (χ4v) is 2.38. The molecule has 0 aromatic heterocycles. The molecule has 1 aliphatic rings. The molecule has 0 aliphatic heterocycles. The lowest BCUT2D eigenvalue weighted by Gasteiger charge is -2.26. The Kier molecular flexibility index (Phi) is 5.05. The van der Waals surface area contributed by atoms with Crippen molar-refractivity contribution in [2.24, 2.45) is 0 Å². The summed E-state index contributed by atoms with van der Waals surface area (Å²) in [4.78, 5) is 11.7. The van der Waals surface area contributed by atoms with Crippen LogP contribution < -0.4 is 10.1 Å². The van der Waals surface area contributed by atoms with Crippen molar-refractivity contribution in [3.05, 3.63) is 29.3 Å². The van der Waals surface area contributed by atoms with Gasteiger partial charge in [0.1, 0.15) is 5.75 Å². The summed E-state index contributed by atoms with van der Waals surface area (Å²) in [5, 5.41) is 12.9. The number of carbonyl (C=O) groups excluding carboxylic acids is 1. The molecule has 5 heteroatoms. The van der Waals surface area contributed by atoms with Crippen LogP contribution in [0.1, 0.15) is 25.7 Å². The minimum Gasteiger partial charge on any atom is -0.484 e. The third-order valence-corrected chi connectivity index (χ3v) is 3.46. The van der Waals surface area contributed by atoms with Crippen LogP contribution in [0.4, 0.5) is 0 Å². The smallest absolute Gasteiger partial charge is 0.258 e. The monoisotopic (exact) mass is 283 g/mol. The lowest BCUT2D eigenvalue weighted by Crippen LogP contribution is -2.40. The van der Waals surface area contributed by atoms with Crippen LogP contribution in [0.2, 0.25) is 5.02 Å². The number of hydrogen-bond acceptors (Lipinski definition) is 3. The van der Waals surface area contributed by atoms with Gasteiger partial charge in [-0.25, -0.2) is 0 Å². The second kappa shape index (κ2) is 6.78. The summed E-state index contributed by atoms with van der Waals surface area (Å²) in [5.74, 6) is 0.447. The molecule has 0 spiro atoms. The number of hydrogen-bond donors (Lipinski definition) is 2. The summed E-state index contributed by atoms with van der Waals surface area (Å²) >= 11 is 5.83. The fourth-order valence-electron chi connectivity index (χ4n) is 2.20. The molecule has 0 radical (unpaired) electrons. The first-order valence-electron chi connectivity index (χ1n) is 6.49. The predicted octanol–water partition coefficient (Wildman–Crippen LogP) is 2.14. The highest BCUT2D eigenvalue weighted by Gasteiger charge is 2.20. The third kappa shape index (κ3) is 4.73. The van der Waals surface area contributed by atoms with Crippen molar-refractivity contribution < 1.29 is 14.6 Å². The van der Waals surface area contributed by atoms with E-state index in [1.165, 1.54) is 0 Å². The number of rotatable bonds is 4. The van der Waals surface area contributed by atoms with Gasteiger partial charge < -0.3 is 15.2 Å². The summed E-state index contributed by atoms with van der Waals surface area (Å²) in [6, 6.07) is 7.11. The van der Waals surface area contributed by atoms with Crippen LogP contribution in [0.25, 0.3) is 0 Å². The maximum atomic E-state index is 11.7. The van der Waals surface area contributed by atoms with Gasteiger partial charge in [-0.1, -0.05) is 17.7 Å². The Balaban J connectivity index is 1.73. The first kappa shape index (κ1) is 14.2. The van der Waals surface area contributed by atoms with Crippen LogP contribution in [0, 0.1) is 0 Å². The Morgan fingerprint density at radius 2 is 2.11 bits per heavy atom. The van der Waals surface area contributed by atoms with E-state index in [9.17, 15) is 9.90 Å². The number of aliphatic hydroxyl groups excluding tert-OH is 1. The van der Waals surface area contributed by atoms with Crippen molar-refractivity contribution in [3.8, 4) is 5.75 Å². The van der Waals surface area contributed by atoms with Crippen LogP contribution >= 0.6 is 11.6 Å². The highest BCUT2D eigenvalue weighted by atomic mass is 35.5. The van der Waals surface area contributed by atoms with Gasteiger partial charge in [-0.2, -0.15) is 0 Å². The van der Waals surface area contributed by atoms with Crippen LogP contribution in [-0.4, -0.2) is 29.8 Å². The molecule has 0 atom stereocenters. The normalized spacial score (nSPS) is 22.8. The standard InChI is InChI=1S/C14H18ClNO3/c15-10-2-1-3-13(8-10)19-9-14(18)16-11-4-6-12(17)7-5-11/h1-3,8,11-12,17H,4-7,9H2,(H,16,18). The molecule has 0 unspecified atom stereocenters. The van der Waals surface area contributed by atoms with Crippen LogP contribution in [0.3, 0.4) is 0 Å². The average Bonchev–Trinajstić information content (AvgIpc) is 2.39. The zero-order valence-corrected chi connectivity index (χ0v) is 11.4. The van der Waals surface area contributed by atoms with E-state index in [0.717, 1.165) is 25.7 Å². The van der Waals surface area contributed by atoms with Crippen molar-refractivity contribution in [1.29, 1.82) is 0 Å². The van der Waals surface area contributed by atoms with Gasteiger partial charge >= 0.3 is 0 Å². The molecular formula is C14H18ClNO3. The molecule has 2 N–H and O–H groups in total. The lowest BCUT2D eigenvalue weighted by atomic mass is 9.93. The van der Waals surface area contributed by atoms with E-state index in [0.29, 0.717) is 10.8 Å². The molecule has 1 fully saturated rings. The van der Waals surface area contributed by atoms with Crippen molar-refractivity contribution in [3.63, 3.8) is 0 Å². The zero-order valence-electron chi connectivity index (χ0n) is 10.6. The summed E-state index contributed by atoms with van der Waals surface area (Å²) in [7, 11) is 0. The van der Waals surface area contributed by atoms with Gasteiger partial charge in [0.25, 0.3) is 5.91 Å². The van der Waals surface area contributed by atoms with Gasteiger partial charge in [-0.15, -0.1) is 0 Å². The molecule has 2 rings (SSSR count). The van der Waals surface area contributed by atoms with Crippen LogP contribution in [-0.2, 0) is 4.79 Å². The van der Waals surface area contributed by atoms with E-state index in [2.05, 4.69) is 5.32 Å². The fraction of sp³-hybridized carbons (Fsp3) is 0.500. The van der Waals surface area contributed by atoms with E-state index in [4.69, 9.17) is 16.3 Å². The summed E-state index contributed by atoms with van der Waals surface area (Å²) in [6.45, 7) is -0.0145. The molecule has 1 aliphatic carbocycles. The SMILES string of the molecule is O=C(COc1cccc(Cl)c1)NC1CCC(O)CC1. The summed E-state index contributed by atoms with van der Waals surface area (Å²) in [6.07, 6.45) is 2.93. The molecule has 1 aromatic carbocycles. The Labute approximate surface area is 117 Å². The van der Waals surface area contributed by atoms with Gasteiger partial charge in [0, 0.05) is 11.1 Å². The molecular weight excluding hydrogens is 266 g/mol. The topological polar surface area (TPSA) is 58.6 Å². The van der Waals surface area contributed by atoms with Gasteiger partial charge in [0.15, 0.2) is 6.61 Å². The first-order chi connectivity index (χ1) is 9.13. The van der Waals surface area contributed by atoms with Gasteiger partial charge in [0.2, 0.25) is 0 Å². The van der Waals surface area contributed by atoms with Gasteiger partial charge in [0.05, 0.1) is 6.10 Å². The number of aliphatic hydroxyl groups is 1. The van der Waals surface area contributed by atoms with Crippen molar-refractivity contribution in [2.75, 3.05) is 6.61 Å². The number of nitrogens with one attached hydrogen (secondary N) is 1. The predicted molar refractivity (Wildman–Crippen MR) is 73.4 cm³/mol. The quantitative estimate of drug-likeness (QED) is 0.890. The number of halogens is 1. The van der Waals surface area contributed by atoms with Crippen LogP contribution in [0.5, 0.6) is 5.75 Å². The first-order valence-corrected chi connectivity index (χ1v) is 6.87. The number of ether oxygens (including phenoxy) is 1. The average molecular weight is 284 g/mol. The second-order valence-corrected chi connectivity index (χ2v) is 5.26. The highest BCUT2D eigenvalue weighted by molar-refractivity contribution is 6.30. The lowest BCUT2D eigenvalue weighted by molar-refractivity contribution is -0.124. The summed E-state index contributed by atoms with van der Waals surface area (Å²) < 4.78 is 5.37. The molecule has 1 amide bonds. The molecule has 0 bridgehead atoms. The molecule has 104 valence electrons. The Morgan fingerprint density at radius 1 is 1.37 bits per heavy atom. The van der Waals surface area contributed by atoms with E-state index in [-0.39, 0.29) is 24.7 Å². The minimum atomic E-state index is -0.212. The zero-order chi connectivity index (χ0) is 13.7. The third-order valence-electron chi connectivity index (χ3n) is 3.23. The largest absolute Gasteiger partial charge is 0.484 e. The number of benzene rings is 1. The molecule has 1 saturated carbocycles. The maximum Gasteiger partial charge on any atom is 0.258 e. The molecule has 0 saturated heterocycles. The van der Waals surface area contributed by atoms with Crippen LogP contribution in [0.15, 0.2) is 24.3 Å². The van der Waals surface area contributed by atoms with Crippen molar-refractivity contribution in [1.82, 2.24) is 5.32 Å². The van der Waals surface area contributed by atoms with Crippen molar-refractivity contribution >= 4 is 17.5 Å². The van der Waals surface area contributed by atoms with Crippen molar-refractivity contribution in [2.45, 2.75) is 37.8 Å². The highest BCUT2D eigenvalue weighted by Crippen LogP contribution is 2.19. The second-order valence-electron chi connectivity index (χ2n) is 4.82. The molecule has 0 heterocycles. The Hall–Kier alpha value is -1.26. The minimum absolute atomic E-state index is 0.0145.